The molecule has 0 bridgehead atoms. The number of amides is 1. The maximum atomic E-state index is 12.2. The van der Waals surface area contributed by atoms with Gasteiger partial charge in [-0.25, -0.2) is 4.98 Å². The summed E-state index contributed by atoms with van der Waals surface area (Å²) in [6.45, 7) is 0. The van der Waals surface area contributed by atoms with E-state index in [2.05, 4.69) is 25.5 Å². The molecule has 142 valence electrons. The molecule has 2 aromatic carbocycles. The Balaban J connectivity index is 1.27. The van der Waals surface area contributed by atoms with Crippen LogP contribution in [-0.2, 0) is 10.5 Å². The van der Waals surface area contributed by atoms with Crippen molar-refractivity contribution >= 4 is 68.5 Å². The number of carbonyl (C=O) groups is 1. The number of H-pyrrole nitrogens is 1. The molecular formula is C18H14ClN5OS3. The molecular weight excluding hydrogens is 434 g/mol. The number of fused-ring (bicyclic) bond motifs is 1. The van der Waals surface area contributed by atoms with E-state index in [9.17, 15) is 4.79 Å². The fourth-order valence-corrected chi connectivity index (χ4v) is 4.87. The number of hydrogen-bond acceptors (Lipinski definition) is 7. The van der Waals surface area contributed by atoms with Crippen molar-refractivity contribution < 1.29 is 4.79 Å². The van der Waals surface area contributed by atoms with Crippen molar-refractivity contribution in [1.29, 1.82) is 0 Å². The average Bonchev–Trinajstić information content (AvgIpc) is 3.32. The third kappa shape index (κ3) is 5.05. The first-order chi connectivity index (χ1) is 13.7. The molecule has 0 fully saturated rings. The normalized spacial score (nSPS) is 11.0. The number of anilines is 1. The monoisotopic (exact) mass is 447 g/mol. The Morgan fingerprint density at radius 3 is 2.75 bits per heavy atom. The van der Waals surface area contributed by atoms with Crippen LogP contribution in [0.15, 0.2) is 58.0 Å². The highest BCUT2D eigenvalue weighted by atomic mass is 35.5. The van der Waals surface area contributed by atoms with Crippen LogP contribution in [0.3, 0.4) is 0 Å². The van der Waals surface area contributed by atoms with Crippen LogP contribution in [0.5, 0.6) is 0 Å². The van der Waals surface area contributed by atoms with E-state index in [1.807, 2.05) is 48.5 Å². The van der Waals surface area contributed by atoms with Crippen LogP contribution in [0.25, 0.3) is 11.0 Å². The summed E-state index contributed by atoms with van der Waals surface area (Å²) in [5, 5.41) is 12.9. The van der Waals surface area contributed by atoms with Gasteiger partial charge in [0.15, 0.2) is 9.50 Å². The lowest BCUT2D eigenvalue weighted by molar-refractivity contribution is -0.113. The Morgan fingerprint density at radius 1 is 1.11 bits per heavy atom. The molecule has 4 aromatic rings. The van der Waals surface area contributed by atoms with Crippen LogP contribution in [0, 0.1) is 0 Å². The van der Waals surface area contributed by atoms with Gasteiger partial charge < -0.3 is 4.98 Å². The van der Waals surface area contributed by atoms with E-state index in [0.717, 1.165) is 31.7 Å². The number of rotatable bonds is 7. The van der Waals surface area contributed by atoms with E-state index in [0.29, 0.717) is 10.3 Å². The minimum atomic E-state index is -0.143. The zero-order valence-electron chi connectivity index (χ0n) is 14.4. The minimum Gasteiger partial charge on any atom is -0.333 e. The standard InChI is InChI=1S/C18H14ClN5OS3/c19-12-7-5-11(6-8-12)9-27-18-24-23-17(28-18)22-15(25)10-26-16-20-13-3-1-2-4-14(13)21-16/h1-8H,9-10H2,(H,20,21)(H,22,23,25). The number of benzene rings is 2. The number of aromatic nitrogens is 4. The van der Waals surface area contributed by atoms with E-state index in [1.54, 1.807) is 11.8 Å². The molecule has 0 aliphatic rings. The van der Waals surface area contributed by atoms with E-state index >= 15 is 0 Å². The van der Waals surface area contributed by atoms with E-state index in [1.165, 1.54) is 23.1 Å². The smallest absolute Gasteiger partial charge is 0.236 e. The number of nitrogens with zero attached hydrogens (tertiary/aromatic N) is 3. The predicted molar refractivity (Wildman–Crippen MR) is 116 cm³/mol. The maximum Gasteiger partial charge on any atom is 0.236 e. The minimum absolute atomic E-state index is 0.143. The molecule has 0 saturated carbocycles. The third-order valence-electron chi connectivity index (χ3n) is 3.64. The van der Waals surface area contributed by atoms with Crippen LogP contribution in [0.2, 0.25) is 5.02 Å². The summed E-state index contributed by atoms with van der Waals surface area (Å²) in [5.41, 5.74) is 2.99. The van der Waals surface area contributed by atoms with Crippen molar-refractivity contribution in [2.75, 3.05) is 11.1 Å². The van der Waals surface area contributed by atoms with Crippen LogP contribution < -0.4 is 5.32 Å². The molecule has 2 aromatic heterocycles. The Hall–Kier alpha value is -2.07. The van der Waals surface area contributed by atoms with Gasteiger partial charge in [-0.1, -0.05) is 70.7 Å². The van der Waals surface area contributed by atoms with Crippen LogP contribution in [-0.4, -0.2) is 31.8 Å². The average molecular weight is 448 g/mol. The molecule has 0 aliphatic carbocycles. The van der Waals surface area contributed by atoms with Gasteiger partial charge in [0.05, 0.1) is 16.8 Å². The van der Waals surface area contributed by atoms with Crippen molar-refractivity contribution in [3.8, 4) is 0 Å². The molecule has 0 atom stereocenters. The van der Waals surface area contributed by atoms with Crippen LogP contribution in [0.1, 0.15) is 5.56 Å². The molecule has 10 heteroatoms. The summed E-state index contributed by atoms with van der Waals surface area (Å²) in [7, 11) is 0. The summed E-state index contributed by atoms with van der Waals surface area (Å²) in [4.78, 5) is 19.8. The van der Waals surface area contributed by atoms with Crippen LogP contribution >= 0.6 is 46.5 Å². The Labute approximate surface area is 178 Å². The number of aromatic amines is 1. The number of nitrogens with one attached hydrogen (secondary N) is 2. The second-order valence-electron chi connectivity index (χ2n) is 5.68. The molecule has 1 amide bonds. The van der Waals surface area contributed by atoms with Gasteiger partial charge in [-0.3, -0.25) is 10.1 Å². The molecule has 0 unspecified atom stereocenters. The van der Waals surface area contributed by atoms with E-state index in [-0.39, 0.29) is 11.7 Å². The molecule has 0 spiro atoms. The number of halogens is 1. The first-order valence-corrected chi connectivity index (χ1v) is 11.4. The third-order valence-corrected chi connectivity index (χ3v) is 6.80. The fraction of sp³-hybridized carbons (Fsp3) is 0.111. The van der Waals surface area contributed by atoms with E-state index in [4.69, 9.17) is 11.6 Å². The summed E-state index contributed by atoms with van der Waals surface area (Å²) in [5.74, 6) is 0.866. The highest BCUT2D eigenvalue weighted by Gasteiger charge is 2.11. The van der Waals surface area contributed by atoms with Gasteiger partial charge in [-0.2, -0.15) is 0 Å². The predicted octanol–water partition coefficient (Wildman–Crippen LogP) is 5.09. The fourth-order valence-electron chi connectivity index (χ4n) is 2.33. The molecule has 2 N–H and O–H groups in total. The SMILES string of the molecule is O=C(CSc1nc2ccccc2[nH]1)Nc1nnc(SCc2ccc(Cl)cc2)s1. The summed E-state index contributed by atoms with van der Waals surface area (Å²) in [6.07, 6.45) is 0. The quantitative estimate of drug-likeness (QED) is 0.303. The van der Waals surface area contributed by atoms with Crippen molar-refractivity contribution in [2.24, 2.45) is 0 Å². The zero-order chi connectivity index (χ0) is 19.3. The molecule has 28 heavy (non-hydrogen) atoms. The molecule has 0 radical (unpaired) electrons. The molecule has 0 saturated heterocycles. The molecule has 4 rings (SSSR count). The van der Waals surface area contributed by atoms with Gasteiger partial charge in [0.25, 0.3) is 0 Å². The maximum absolute atomic E-state index is 12.2. The first-order valence-electron chi connectivity index (χ1n) is 8.24. The van der Waals surface area contributed by atoms with E-state index < -0.39 is 0 Å². The van der Waals surface area contributed by atoms with Gasteiger partial charge in [0, 0.05) is 10.8 Å². The highest BCUT2D eigenvalue weighted by molar-refractivity contribution is 8.00. The van der Waals surface area contributed by atoms with Gasteiger partial charge in [0.1, 0.15) is 0 Å². The van der Waals surface area contributed by atoms with Gasteiger partial charge in [-0.15, -0.1) is 10.2 Å². The van der Waals surface area contributed by atoms with Crippen LogP contribution in [0.4, 0.5) is 5.13 Å². The van der Waals surface area contributed by atoms with Crippen molar-refractivity contribution in [3.05, 3.63) is 59.1 Å². The highest BCUT2D eigenvalue weighted by Crippen LogP contribution is 2.29. The lowest BCUT2D eigenvalue weighted by Gasteiger charge is -1.99. The van der Waals surface area contributed by atoms with Crippen molar-refractivity contribution in [1.82, 2.24) is 20.2 Å². The summed E-state index contributed by atoms with van der Waals surface area (Å²) < 4.78 is 0.801. The number of hydrogen-bond donors (Lipinski definition) is 2. The number of imidazole rings is 1. The Kier molecular flexibility index (Phi) is 6.16. The first kappa shape index (κ1) is 19.3. The number of para-hydroxylation sites is 2. The number of carbonyl (C=O) groups excluding carboxylic acids is 1. The zero-order valence-corrected chi connectivity index (χ0v) is 17.6. The van der Waals surface area contributed by atoms with Crippen molar-refractivity contribution in [3.63, 3.8) is 0 Å². The summed E-state index contributed by atoms with van der Waals surface area (Å²) in [6, 6.07) is 15.5. The molecule has 0 aliphatic heterocycles. The second kappa shape index (κ2) is 8.95. The lowest BCUT2D eigenvalue weighted by Crippen LogP contribution is -2.13. The summed E-state index contributed by atoms with van der Waals surface area (Å²) >= 11 is 10.2. The topological polar surface area (TPSA) is 83.6 Å². The Morgan fingerprint density at radius 2 is 1.93 bits per heavy atom. The Bertz CT molecular complexity index is 1060. The van der Waals surface area contributed by atoms with Gasteiger partial charge >= 0.3 is 0 Å². The lowest BCUT2D eigenvalue weighted by atomic mass is 10.2. The van der Waals surface area contributed by atoms with Gasteiger partial charge in [-0.05, 0) is 29.8 Å². The van der Waals surface area contributed by atoms with Gasteiger partial charge in [0.2, 0.25) is 11.0 Å². The number of thioether (sulfide) groups is 2. The second-order valence-corrected chi connectivity index (χ2v) is 9.28. The molecule has 2 heterocycles. The van der Waals surface area contributed by atoms with Crippen molar-refractivity contribution in [2.45, 2.75) is 15.2 Å². The largest absolute Gasteiger partial charge is 0.333 e. The molecule has 6 nitrogen and oxygen atoms in total.